The molecule has 1 amide bonds. The van der Waals surface area contributed by atoms with E-state index in [0.717, 1.165) is 0 Å². The van der Waals surface area contributed by atoms with Crippen molar-refractivity contribution in [2.45, 2.75) is 13.0 Å². The normalized spacial score (nSPS) is 22.6. The number of aliphatic imine (C=N–C) groups is 1. The number of non-ortho nitro benzene ring substituents is 1. The molecule has 2 aliphatic heterocycles. The molecule has 1 aromatic rings. The molecule has 0 aliphatic carbocycles. The molecule has 0 saturated carbocycles. The first kappa shape index (κ1) is 18.8. The van der Waals surface area contributed by atoms with Crippen LogP contribution in [0.5, 0.6) is 0 Å². The van der Waals surface area contributed by atoms with Gasteiger partial charge in [-0.05, 0) is 12.5 Å². The molecule has 0 unspecified atom stereocenters. The van der Waals surface area contributed by atoms with Gasteiger partial charge in [0.1, 0.15) is 6.04 Å². The van der Waals surface area contributed by atoms with Gasteiger partial charge in [-0.25, -0.2) is 4.99 Å². The number of nitro benzene ring substituents is 1. The maximum Gasteiger partial charge on any atom is 0.321 e. The molecule has 1 N–H and O–H groups in total. The van der Waals surface area contributed by atoms with Gasteiger partial charge in [-0.3, -0.25) is 25.0 Å². The molecule has 2 aliphatic rings. The van der Waals surface area contributed by atoms with E-state index in [4.69, 9.17) is 9.47 Å². The minimum Gasteiger partial charge on any atom is -0.465 e. The highest BCUT2D eigenvalue weighted by atomic mass is 16.6. The molecule has 2 atom stereocenters. The fourth-order valence-corrected chi connectivity index (χ4v) is 3.06. The van der Waals surface area contributed by atoms with E-state index in [0.29, 0.717) is 37.8 Å². The highest BCUT2D eigenvalue weighted by molar-refractivity contribution is 6.08. The fraction of sp³-hybridized carbons (Fsp3) is 0.471. The number of benzene rings is 1. The topological polar surface area (TPSA) is 123 Å². The van der Waals surface area contributed by atoms with Crippen LogP contribution in [0.2, 0.25) is 0 Å². The zero-order chi connectivity index (χ0) is 19.4. The Hall–Kier alpha value is -3.01. The lowest BCUT2D eigenvalue weighted by molar-refractivity contribution is -0.384. The van der Waals surface area contributed by atoms with Gasteiger partial charge in [-0.2, -0.15) is 0 Å². The lowest BCUT2D eigenvalue weighted by atomic mass is 9.91. The maximum atomic E-state index is 12.7. The Kier molecular flexibility index (Phi) is 5.65. The van der Waals surface area contributed by atoms with Crippen LogP contribution in [0.25, 0.3) is 0 Å². The van der Waals surface area contributed by atoms with Crippen LogP contribution < -0.4 is 5.32 Å². The van der Waals surface area contributed by atoms with Crippen LogP contribution in [-0.4, -0.2) is 60.6 Å². The van der Waals surface area contributed by atoms with Crippen molar-refractivity contribution in [2.24, 2.45) is 10.9 Å². The molecule has 1 saturated heterocycles. The Morgan fingerprint density at radius 3 is 2.85 bits per heavy atom. The van der Waals surface area contributed by atoms with Gasteiger partial charge >= 0.3 is 5.97 Å². The number of hydrogen-bond donors (Lipinski definition) is 1. The predicted octanol–water partition coefficient (Wildman–Crippen LogP) is 0.633. The molecule has 0 bridgehead atoms. The number of carbonyl (C=O) groups is 2. The zero-order valence-electron chi connectivity index (χ0n) is 14.8. The second-order valence-electron chi connectivity index (χ2n) is 6.07. The number of hydrogen-bond acceptors (Lipinski definition) is 8. The third-order valence-electron chi connectivity index (χ3n) is 4.37. The van der Waals surface area contributed by atoms with Gasteiger partial charge in [0.15, 0.2) is 5.92 Å². The summed E-state index contributed by atoms with van der Waals surface area (Å²) in [6.45, 7) is 3.85. The Bertz CT molecular complexity index is 774. The second kappa shape index (κ2) is 8.12. The Morgan fingerprint density at radius 1 is 1.44 bits per heavy atom. The maximum absolute atomic E-state index is 12.7. The zero-order valence-corrected chi connectivity index (χ0v) is 14.8. The number of nitro groups is 1. The number of rotatable bonds is 4. The molecule has 27 heavy (non-hydrogen) atoms. The van der Waals surface area contributed by atoms with Crippen molar-refractivity contribution in [2.75, 3.05) is 32.9 Å². The van der Waals surface area contributed by atoms with Gasteiger partial charge in [0.2, 0.25) is 11.9 Å². The molecule has 2 heterocycles. The Labute approximate surface area is 155 Å². The SMILES string of the molecule is CCOC(=O)[C@@H]1C(=O)NC(N2CCOCC2)=N[C@H]1c1cccc([N+](=O)[O-])c1. The molecular weight excluding hydrogens is 356 g/mol. The number of nitrogens with zero attached hydrogens (tertiary/aromatic N) is 3. The van der Waals surface area contributed by atoms with Crippen molar-refractivity contribution < 1.29 is 24.0 Å². The van der Waals surface area contributed by atoms with Crippen LogP contribution in [0, 0.1) is 16.0 Å². The summed E-state index contributed by atoms with van der Waals surface area (Å²) in [5, 5.41) is 13.8. The highest BCUT2D eigenvalue weighted by Crippen LogP contribution is 2.32. The van der Waals surface area contributed by atoms with E-state index in [1.807, 2.05) is 4.90 Å². The van der Waals surface area contributed by atoms with Crippen molar-refractivity contribution in [3.05, 3.63) is 39.9 Å². The predicted molar refractivity (Wildman–Crippen MR) is 93.9 cm³/mol. The highest BCUT2D eigenvalue weighted by Gasteiger charge is 2.42. The number of esters is 1. The lowest BCUT2D eigenvalue weighted by Crippen LogP contribution is -2.55. The molecule has 144 valence electrons. The summed E-state index contributed by atoms with van der Waals surface area (Å²) >= 11 is 0. The van der Waals surface area contributed by atoms with Crippen LogP contribution in [0.15, 0.2) is 29.3 Å². The first-order valence-corrected chi connectivity index (χ1v) is 8.63. The average Bonchev–Trinajstić information content (AvgIpc) is 2.68. The molecular formula is C17H20N4O6. The number of ether oxygens (including phenoxy) is 2. The van der Waals surface area contributed by atoms with Gasteiger partial charge in [-0.15, -0.1) is 0 Å². The monoisotopic (exact) mass is 376 g/mol. The standard InChI is InChI=1S/C17H20N4O6/c1-2-27-16(23)13-14(11-4-3-5-12(10-11)21(24)25)18-17(19-15(13)22)20-6-8-26-9-7-20/h3-5,10,13-14H,2,6-9H2,1H3,(H,18,19,22)/t13-,14-/m0/s1. The summed E-state index contributed by atoms with van der Waals surface area (Å²) in [4.78, 5) is 42.0. The fourth-order valence-electron chi connectivity index (χ4n) is 3.06. The van der Waals surface area contributed by atoms with Crippen LogP contribution in [-0.2, 0) is 19.1 Å². The van der Waals surface area contributed by atoms with Crippen LogP contribution in [0.3, 0.4) is 0 Å². The van der Waals surface area contributed by atoms with E-state index < -0.39 is 28.8 Å². The number of nitrogens with one attached hydrogen (secondary N) is 1. The Morgan fingerprint density at radius 2 is 2.19 bits per heavy atom. The first-order chi connectivity index (χ1) is 13.0. The Balaban J connectivity index is 2.01. The number of morpholine rings is 1. The second-order valence-corrected chi connectivity index (χ2v) is 6.07. The summed E-state index contributed by atoms with van der Waals surface area (Å²) in [6, 6.07) is 4.89. The van der Waals surface area contributed by atoms with E-state index in [9.17, 15) is 19.7 Å². The van der Waals surface area contributed by atoms with Crippen molar-refractivity contribution >= 4 is 23.5 Å². The van der Waals surface area contributed by atoms with E-state index in [2.05, 4.69) is 10.3 Å². The van der Waals surface area contributed by atoms with E-state index in [1.165, 1.54) is 18.2 Å². The minimum atomic E-state index is -1.21. The summed E-state index contributed by atoms with van der Waals surface area (Å²) in [5.41, 5.74) is 0.270. The molecule has 10 nitrogen and oxygen atoms in total. The largest absolute Gasteiger partial charge is 0.465 e. The quantitative estimate of drug-likeness (QED) is 0.354. The molecule has 3 rings (SSSR count). The summed E-state index contributed by atoms with van der Waals surface area (Å²) in [6.07, 6.45) is 0. The van der Waals surface area contributed by atoms with E-state index >= 15 is 0 Å². The molecule has 0 spiro atoms. The van der Waals surface area contributed by atoms with Gasteiger partial charge in [-0.1, -0.05) is 12.1 Å². The van der Waals surface area contributed by atoms with Gasteiger partial charge < -0.3 is 14.4 Å². The summed E-state index contributed by atoms with van der Waals surface area (Å²) in [5.74, 6) is -2.13. The number of amides is 1. The summed E-state index contributed by atoms with van der Waals surface area (Å²) < 4.78 is 10.3. The van der Waals surface area contributed by atoms with Gasteiger partial charge in [0.25, 0.3) is 5.69 Å². The molecule has 0 radical (unpaired) electrons. The van der Waals surface area contributed by atoms with E-state index in [1.54, 1.807) is 13.0 Å². The van der Waals surface area contributed by atoms with Gasteiger partial charge in [0.05, 0.1) is 24.7 Å². The molecule has 0 aromatic heterocycles. The first-order valence-electron chi connectivity index (χ1n) is 8.63. The third-order valence-corrected chi connectivity index (χ3v) is 4.37. The minimum absolute atomic E-state index is 0.115. The van der Waals surface area contributed by atoms with E-state index in [-0.39, 0.29) is 12.3 Å². The summed E-state index contributed by atoms with van der Waals surface area (Å²) in [7, 11) is 0. The van der Waals surface area contributed by atoms with Crippen LogP contribution >= 0.6 is 0 Å². The van der Waals surface area contributed by atoms with Gasteiger partial charge in [0, 0.05) is 25.2 Å². The number of carbonyl (C=O) groups excluding carboxylic acids is 2. The molecule has 1 aromatic carbocycles. The lowest BCUT2D eigenvalue weighted by Gasteiger charge is -2.35. The molecule has 1 fully saturated rings. The van der Waals surface area contributed by atoms with Crippen LogP contribution in [0.4, 0.5) is 5.69 Å². The smallest absolute Gasteiger partial charge is 0.321 e. The van der Waals surface area contributed by atoms with Crippen LogP contribution in [0.1, 0.15) is 18.5 Å². The van der Waals surface area contributed by atoms with Crippen molar-refractivity contribution in [1.82, 2.24) is 10.2 Å². The molecule has 10 heteroatoms. The average molecular weight is 376 g/mol. The van der Waals surface area contributed by atoms with Crippen molar-refractivity contribution in [3.8, 4) is 0 Å². The number of guanidine groups is 1. The third kappa shape index (κ3) is 4.05. The van der Waals surface area contributed by atoms with Crippen molar-refractivity contribution in [1.29, 1.82) is 0 Å². The van der Waals surface area contributed by atoms with Crippen molar-refractivity contribution in [3.63, 3.8) is 0 Å².